The zero-order valence-corrected chi connectivity index (χ0v) is 34.5. The predicted molar refractivity (Wildman–Crippen MR) is 221 cm³/mol. The van der Waals surface area contributed by atoms with Crippen LogP contribution >= 0.6 is 7.82 Å². The molecule has 0 bridgehead atoms. The third kappa shape index (κ3) is 39.0. The maximum Gasteiger partial charge on any atom is 0.472 e. The average Bonchev–Trinajstić information content (AvgIpc) is 3.15. The summed E-state index contributed by atoms with van der Waals surface area (Å²) in [5.74, 6) is -0.903. The number of phosphoric ester groups is 1. The minimum atomic E-state index is -4.28. The highest BCUT2D eigenvalue weighted by Gasteiger charge is 2.24. The van der Waals surface area contributed by atoms with E-state index in [1.807, 2.05) is 12.2 Å². The fraction of sp³-hybridized carbons (Fsp3) is 0.682. The lowest BCUT2D eigenvalue weighted by molar-refractivity contribution is -0.161. The summed E-state index contributed by atoms with van der Waals surface area (Å²) in [5.41, 5.74) is 0. The van der Waals surface area contributed by atoms with Gasteiger partial charge in [0.05, 0.1) is 6.61 Å². The SMILES string of the molecule is CC/C=C\C/C=C\C/C=C\C/C=C\C/C=C\C/C=C\CCC(=O)OC(COC(=O)CCCCCCCCCCCCCCCCC)COP(=O)(O)OC. The van der Waals surface area contributed by atoms with Gasteiger partial charge >= 0.3 is 19.8 Å². The highest BCUT2D eigenvalue weighted by Crippen LogP contribution is 2.42. The number of ether oxygens (including phenoxy) is 2. The second-order valence-electron chi connectivity index (χ2n) is 13.4. The molecule has 8 nitrogen and oxygen atoms in total. The van der Waals surface area contributed by atoms with E-state index in [1.54, 1.807) is 0 Å². The fourth-order valence-corrected chi connectivity index (χ4v) is 5.79. The van der Waals surface area contributed by atoms with Gasteiger partial charge in [-0.15, -0.1) is 0 Å². The third-order valence-corrected chi connectivity index (χ3v) is 9.42. The van der Waals surface area contributed by atoms with E-state index in [-0.39, 0.29) is 19.4 Å². The number of rotatable bonds is 37. The van der Waals surface area contributed by atoms with Crippen molar-refractivity contribution in [2.24, 2.45) is 0 Å². The molecule has 0 aromatic carbocycles. The highest BCUT2D eigenvalue weighted by atomic mass is 31.2. The summed E-state index contributed by atoms with van der Waals surface area (Å²) in [6.45, 7) is 3.71. The summed E-state index contributed by atoms with van der Waals surface area (Å²) < 4.78 is 31.9. The lowest BCUT2D eigenvalue weighted by atomic mass is 10.0. The second kappa shape index (κ2) is 39.2. The van der Waals surface area contributed by atoms with Crippen LogP contribution in [-0.4, -0.2) is 43.3 Å². The first-order valence-electron chi connectivity index (χ1n) is 20.6. The van der Waals surface area contributed by atoms with Crippen LogP contribution in [0.4, 0.5) is 0 Å². The first kappa shape index (κ1) is 50.5. The van der Waals surface area contributed by atoms with Gasteiger partial charge in [0, 0.05) is 20.0 Å². The number of hydrogen-bond acceptors (Lipinski definition) is 7. The Morgan fingerprint density at radius 2 is 0.962 bits per heavy atom. The van der Waals surface area contributed by atoms with E-state index in [0.29, 0.717) is 6.42 Å². The van der Waals surface area contributed by atoms with Crippen molar-refractivity contribution in [2.75, 3.05) is 20.3 Å². The van der Waals surface area contributed by atoms with E-state index in [2.05, 4.69) is 79.1 Å². The van der Waals surface area contributed by atoms with Crippen LogP contribution in [0.3, 0.4) is 0 Å². The van der Waals surface area contributed by atoms with Crippen molar-refractivity contribution in [3.63, 3.8) is 0 Å². The van der Waals surface area contributed by atoms with E-state index < -0.39 is 32.5 Å². The smallest absolute Gasteiger partial charge is 0.462 e. The zero-order chi connectivity index (χ0) is 38.9. The van der Waals surface area contributed by atoms with Gasteiger partial charge < -0.3 is 14.4 Å². The molecule has 0 radical (unpaired) electrons. The topological polar surface area (TPSA) is 108 Å². The molecule has 304 valence electrons. The molecule has 0 spiro atoms. The molecular formula is C44H75O8P. The number of carbonyl (C=O) groups excluding carboxylic acids is 2. The monoisotopic (exact) mass is 763 g/mol. The molecule has 0 aliphatic carbocycles. The van der Waals surface area contributed by atoms with Crippen LogP contribution < -0.4 is 0 Å². The Bertz CT molecular complexity index is 1090. The molecule has 0 saturated carbocycles. The normalized spacial score (nSPS) is 14.1. The van der Waals surface area contributed by atoms with Crippen LogP contribution in [0.1, 0.15) is 168 Å². The van der Waals surface area contributed by atoms with Gasteiger partial charge in [0.25, 0.3) is 0 Å². The minimum Gasteiger partial charge on any atom is -0.462 e. The Kier molecular flexibility index (Phi) is 37.3. The van der Waals surface area contributed by atoms with Crippen molar-refractivity contribution in [3.8, 4) is 0 Å². The maximum atomic E-state index is 12.5. The Morgan fingerprint density at radius 1 is 0.547 bits per heavy atom. The van der Waals surface area contributed by atoms with Gasteiger partial charge in [0.2, 0.25) is 0 Å². The van der Waals surface area contributed by atoms with Crippen LogP contribution in [0.5, 0.6) is 0 Å². The van der Waals surface area contributed by atoms with Crippen molar-refractivity contribution in [2.45, 2.75) is 174 Å². The molecule has 0 heterocycles. The molecule has 0 saturated heterocycles. The number of carbonyl (C=O) groups is 2. The van der Waals surface area contributed by atoms with Gasteiger partial charge in [0.15, 0.2) is 6.10 Å². The standard InChI is InChI=1S/C44H75O8P/c1-4-6-8-10-12-14-16-18-20-21-22-23-25-27-29-31-33-35-37-39-44(46)52-42(41-51-53(47,48)49-3)40-50-43(45)38-36-34-32-30-28-26-24-19-17-15-13-11-9-7-5-2/h6,8,12,14,18,20,22-23,27,29,33,35,42H,4-5,7,9-11,13,15-17,19,21,24-26,28,30-32,34,36-41H2,1-3H3,(H,47,48)/b8-6-,14-12-,20-18-,23-22-,29-27-,35-33-. The first-order valence-corrected chi connectivity index (χ1v) is 22.1. The molecule has 2 atom stereocenters. The minimum absolute atomic E-state index is 0.118. The summed E-state index contributed by atoms with van der Waals surface area (Å²) in [7, 11) is -3.24. The molecule has 0 amide bonds. The molecule has 53 heavy (non-hydrogen) atoms. The summed E-state index contributed by atoms with van der Waals surface area (Å²) in [4.78, 5) is 34.4. The van der Waals surface area contributed by atoms with E-state index in [9.17, 15) is 19.0 Å². The molecule has 0 aromatic rings. The third-order valence-electron chi connectivity index (χ3n) is 8.48. The van der Waals surface area contributed by atoms with Crippen LogP contribution in [0, 0.1) is 0 Å². The van der Waals surface area contributed by atoms with Crippen LogP contribution in [-0.2, 0) is 32.7 Å². The summed E-state index contributed by atoms with van der Waals surface area (Å²) in [6, 6.07) is 0. The van der Waals surface area contributed by atoms with Crippen molar-refractivity contribution < 1.29 is 37.6 Å². The average molecular weight is 763 g/mol. The van der Waals surface area contributed by atoms with Crippen LogP contribution in [0.15, 0.2) is 72.9 Å². The van der Waals surface area contributed by atoms with Gasteiger partial charge in [-0.1, -0.05) is 177 Å². The molecule has 0 rings (SSSR count). The van der Waals surface area contributed by atoms with Crippen LogP contribution in [0.2, 0.25) is 0 Å². The van der Waals surface area contributed by atoms with Gasteiger partial charge in [0.1, 0.15) is 6.61 Å². The first-order chi connectivity index (χ1) is 25.8. The highest BCUT2D eigenvalue weighted by molar-refractivity contribution is 7.47. The van der Waals surface area contributed by atoms with Crippen molar-refractivity contribution in [3.05, 3.63) is 72.9 Å². The van der Waals surface area contributed by atoms with Gasteiger partial charge in [-0.2, -0.15) is 0 Å². The van der Waals surface area contributed by atoms with Gasteiger partial charge in [-0.05, 0) is 51.4 Å². The summed E-state index contributed by atoms with van der Waals surface area (Å²) in [5, 5.41) is 0. The summed E-state index contributed by atoms with van der Waals surface area (Å²) in [6.07, 6.45) is 49.7. The maximum absolute atomic E-state index is 12.5. The van der Waals surface area contributed by atoms with Gasteiger partial charge in [-0.3, -0.25) is 18.6 Å². The van der Waals surface area contributed by atoms with Crippen molar-refractivity contribution >= 4 is 19.8 Å². The molecule has 0 aromatic heterocycles. The quantitative estimate of drug-likeness (QED) is 0.0288. The molecule has 0 aliphatic heterocycles. The molecular weight excluding hydrogens is 687 g/mol. The van der Waals surface area contributed by atoms with Crippen molar-refractivity contribution in [1.29, 1.82) is 0 Å². The van der Waals surface area contributed by atoms with E-state index >= 15 is 0 Å². The molecule has 2 unspecified atom stereocenters. The van der Waals surface area contributed by atoms with Gasteiger partial charge in [-0.25, -0.2) is 4.57 Å². The number of hydrogen-bond donors (Lipinski definition) is 1. The Labute approximate surface area is 323 Å². The molecule has 1 N–H and O–H groups in total. The second-order valence-corrected chi connectivity index (χ2v) is 15.0. The molecule has 0 aliphatic rings. The number of unbranched alkanes of at least 4 members (excludes halogenated alkanes) is 14. The lowest BCUT2D eigenvalue weighted by Crippen LogP contribution is -2.29. The molecule has 0 fully saturated rings. The van der Waals surface area contributed by atoms with Crippen molar-refractivity contribution in [1.82, 2.24) is 0 Å². The Hall–Kier alpha value is -2.51. The predicted octanol–water partition coefficient (Wildman–Crippen LogP) is 12.9. The summed E-state index contributed by atoms with van der Waals surface area (Å²) >= 11 is 0. The fourth-order valence-electron chi connectivity index (χ4n) is 5.33. The largest absolute Gasteiger partial charge is 0.472 e. The zero-order valence-electron chi connectivity index (χ0n) is 33.6. The molecule has 9 heteroatoms. The number of esters is 2. The number of allylic oxidation sites excluding steroid dienone is 12. The van der Waals surface area contributed by atoms with E-state index in [4.69, 9.17) is 14.0 Å². The van der Waals surface area contributed by atoms with Crippen LogP contribution in [0.25, 0.3) is 0 Å². The lowest BCUT2D eigenvalue weighted by Gasteiger charge is -2.19. The Balaban J connectivity index is 4.16. The number of phosphoric acid groups is 1. The Morgan fingerprint density at radius 3 is 1.40 bits per heavy atom. The van der Waals surface area contributed by atoms with E-state index in [0.717, 1.165) is 64.9 Å². The van der Waals surface area contributed by atoms with E-state index in [1.165, 1.54) is 77.0 Å².